The Morgan fingerprint density at radius 3 is 2.62 bits per heavy atom. The van der Waals surface area contributed by atoms with Gasteiger partial charge in [-0.1, -0.05) is 0 Å². The first-order valence-corrected chi connectivity index (χ1v) is 4.80. The highest BCUT2D eigenvalue weighted by Crippen LogP contribution is 2.21. The summed E-state index contributed by atoms with van der Waals surface area (Å²) in [5, 5.41) is 18.1. The van der Waals surface area contributed by atoms with Crippen molar-refractivity contribution in [1.82, 2.24) is 5.32 Å². The Kier molecular flexibility index (Phi) is 4.61. The number of nitrogens with two attached hydrogens (primary N) is 1. The van der Waals surface area contributed by atoms with Crippen molar-refractivity contribution < 1.29 is 9.90 Å². The van der Waals surface area contributed by atoms with Crippen LogP contribution in [0.5, 0.6) is 0 Å². The van der Waals surface area contributed by atoms with E-state index < -0.39 is 5.97 Å². The van der Waals surface area contributed by atoms with Crippen molar-refractivity contribution in [1.29, 1.82) is 5.41 Å². The van der Waals surface area contributed by atoms with Crippen LogP contribution in [-0.4, -0.2) is 27.7 Å². The molecule has 0 aliphatic carbocycles. The molecule has 6 heteroatoms. The number of thioether (sulfide) groups is 1. The SMILES string of the molecule is CC(C)(NC(=N)N)SCCC(=O)O. The lowest BCUT2D eigenvalue weighted by Crippen LogP contribution is -2.44. The van der Waals surface area contributed by atoms with Crippen molar-refractivity contribution in [2.45, 2.75) is 25.1 Å². The summed E-state index contributed by atoms with van der Waals surface area (Å²) < 4.78 is 0. The molecule has 13 heavy (non-hydrogen) atoms. The largest absolute Gasteiger partial charge is 0.481 e. The van der Waals surface area contributed by atoms with E-state index in [2.05, 4.69) is 5.32 Å². The normalized spacial score (nSPS) is 10.9. The zero-order valence-corrected chi connectivity index (χ0v) is 8.57. The maximum Gasteiger partial charge on any atom is 0.304 e. The third-order valence-electron chi connectivity index (χ3n) is 1.21. The van der Waals surface area contributed by atoms with Crippen LogP contribution in [0.25, 0.3) is 0 Å². The number of hydrogen-bond donors (Lipinski definition) is 4. The molecule has 0 heterocycles. The molecule has 5 nitrogen and oxygen atoms in total. The summed E-state index contributed by atoms with van der Waals surface area (Å²) in [6.45, 7) is 3.70. The van der Waals surface area contributed by atoms with Gasteiger partial charge in [-0.05, 0) is 13.8 Å². The molecule has 0 saturated carbocycles. The summed E-state index contributed by atoms with van der Waals surface area (Å²) in [4.78, 5) is 9.82. The average molecular weight is 205 g/mol. The quantitative estimate of drug-likeness (QED) is 0.296. The monoisotopic (exact) mass is 205 g/mol. The maximum atomic E-state index is 10.2. The molecule has 0 unspecified atom stereocenters. The first-order valence-electron chi connectivity index (χ1n) is 3.81. The van der Waals surface area contributed by atoms with E-state index in [1.807, 2.05) is 13.8 Å². The molecule has 0 spiro atoms. The smallest absolute Gasteiger partial charge is 0.304 e. The van der Waals surface area contributed by atoms with E-state index in [-0.39, 0.29) is 17.3 Å². The molecular weight excluding hydrogens is 190 g/mol. The maximum absolute atomic E-state index is 10.2. The fraction of sp³-hybridized carbons (Fsp3) is 0.714. The van der Waals surface area contributed by atoms with Crippen molar-refractivity contribution in [2.75, 3.05) is 5.75 Å². The summed E-state index contributed by atoms with van der Waals surface area (Å²) in [7, 11) is 0. The summed E-state index contributed by atoms with van der Waals surface area (Å²) in [5.41, 5.74) is 5.15. The van der Waals surface area contributed by atoms with Gasteiger partial charge < -0.3 is 16.2 Å². The van der Waals surface area contributed by atoms with E-state index in [0.29, 0.717) is 5.75 Å². The van der Waals surface area contributed by atoms with Crippen molar-refractivity contribution in [2.24, 2.45) is 5.73 Å². The van der Waals surface area contributed by atoms with E-state index in [4.69, 9.17) is 16.2 Å². The third kappa shape index (κ3) is 7.45. The number of rotatable bonds is 5. The van der Waals surface area contributed by atoms with Crippen LogP contribution < -0.4 is 11.1 Å². The molecular formula is C7H15N3O2S. The molecule has 0 saturated heterocycles. The van der Waals surface area contributed by atoms with Crippen molar-refractivity contribution in [3.05, 3.63) is 0 Å². The minimum Gasteiger partial charge on any atom is -0.481 e. The molecule has 76 valence electrons. The molecule has 0 aromatic carbocycles. The van der Waals surface area contributed by atoms with Gasteiger partial charge in [-0.3, -0.25) is 10.2 Å². The van der Waals surface area contributed by atoms with E-state index >= 15 is 0 Å². The van der Waals surface area contributed by atoms with Gasteiger partial charge in [0.25, 0.3) is 0 Å². The minimum absolute atomic E-state index is 0.104. The number of aliphatic carboxylic acids is 1. The predicted molar refractivity (Wildman–Crippen MR) is 53.8 cm³/mol. The molecule has 0 fully saturated rings. The topological polar surface area (TPSA) is 99.2 Å². The summed E-state index contributed by atoms with van der Waals surface area (Å²) in [6, 6.07) is 0. The van der Waals surface area contributed by atoms with Crippen LogP contribution in [0.2, 0.25) is 0 Å². The van der Waals surface area contributed by atoms with Gasteiger partial charge >= 0.3 is 5.97 Å². The first kappa shape index (κ1) is 12.1. The number of carboxylic acids is 1. The molecule has 0 aliphatic rings. The highest BCUT2D eigenvalue weighted by molar-refractivity contribution is 8.00. The summed E-state index contributed by atoms with van der Waals surface area (Å²) >= 11 is 1.42. The van der Waals surface area contributed by atoms with Gasteiger partial charge in [0.1, 0.15) is 0 Å². The zero-order valence-electron chi connectivity index (χ0n) is 7.76. The number of carbonyl (C=O) groups is 1. The van der Waals surface area contributed by atoms with Crippen LogP contribution in [0.3, 0.4) is 0 Å². The first-order chi connectivity index (χ1) is 5.83. The standard InChI is InChI=1S/C7H15N3O2S/c1-7(2,10-6(8)9)13-4-3-5(11)12/h3-4H2,1-2H3,(H,11,12)(H4,8,9,10). The number of guanidine groups is 1. The van der Waals surface area contributed by atoms with Crippen molar-refractivity contribution in [3.63, 3.8) is 0 Å². The van der Waals surface area contributed by atoms with Crippen molar-refractivity contribution in [3.8, 4) is 0 Å². The Morgan fingerprint density at radius 1 is 1.69 bits per heavy atom. The molecule has 0 aliphatic heterocycles. The fourth-order valence-electron chi connectivity index (χ4n) is 0.754. The highest BCUT2D eigenvalue weighted by Gasteiger charge is 2.18. The van der Waals surface area contributed by atoms with E-state index in [1.165, 1.54) is 11.8 Å². The predicted octanol–water partition coefficient (Wildman–Crippen LogP) is 0.413. The molecule has 0 rings (SSSR count). The molecule has 0 amide bonds. The Morgan fingerprint density at radius 2 is 2.23 bits per heavy atom. The molecule has 0 aromatic rings. The van der Waals surface area contributed by atoms with Crippen LogP contribution in [0, 0.1) is 5.41 Å². The van der Waals surface area contributed by atoms with Gasteiger partial charge in [0.15, 0.2) is 5.96 Å². The zero-order chi connectivity index (χ0) is 10.5. The lowest BCUT2D eigenvalue weighted by Gasteiger charge is -2.25. The van der Waals surface area contributed by atoms with Crippen molar-refractivity contribution >= 4 is 23.7 Å². The van der Waals surface area contributed by atoms with Crippen LogP contribution in [-0.2, 0) is 4.79 Å². The Hall–Kier alpha value is -0.910. The second kappa shape index (κ2) is 4.96. The van der Waals surface area contributed by atoms with Gasteiger partial charge in [0.05, 0.1) is 11.3 Å². The third-order valence-corrected chi connectivity index (χ3v) is 2.45. The average Bonchev–Trinajstić information content (AvgIpc) is 1.81. The number of carboxylic acid groups (broad SMARTS) is 1. The van der Waals surface area contributed by atoms with Gasteiger partial charge in [-0.15, -0.1) is 11.8 Å². The Bertz CT molecular complexity index is 206. The fourth-order valence-corrected chi connectivity index (χ4v) is 1.72. The summed E-state index contributed by atoms with van der Waals surface area (Å²) in [5.74, 6) is -0.415. The Labute approximate surface area is 81.6 Å². The summed E-state index contributed by atoms with van der Waals surface area (Å²) in [6.07, 6.45) is 0.119. The molecule has 0 radical (unpaired) electrons. The second-order valence-electron chi connectivity index (χ2n) is 3.04. The van der Waals surface area contributed by atoms with Gasteiger partial charge in [-0.2, -0.15) is 0 Å². The Balaban J connectivity index is 3.75. The van der Waals surface area contributed by atoms with Crippen LogP contribution in [0.1, 0.15) is 20.3 Å². The molecule has 5 N–H and O–H groups in total. The van der Waals surface area contributed by atoms with Gasteiger partial charge in [0, 0.05) is 5.75 Å². The van der Waals surface area contributed by atoms with E-state index in [9.17, 15) is 4.79 Å². The van der Waals surface area contributed by atoms with Gasteiger partial charge in [-0.25, -0.2) is 0 Å². The molecule has 0 bridgehead atoms. The lowest BCUT2D eigenvalue weighted by molar-refractivity contribution is -0.136. The number of nitrogens with one attached hydrogen (secondary N) is 2. The number of hydrogen-bond acceptors (Lipinski definition) is 3. The second-order valence-corrected chi connectivity index (χ2v) is 4.76. The molecule has 0 atom stereocenters. The van der Waals surface area contributed by atoms with Gasteiger partial charge in [0.2, 0.25) is 0 Å². The van der Waals surface area contributed by atoms with E-state index in [1.54, 1.807) is 0 Å². The minimum atomic E-state index is -0.814. The van der Waals surface area contributed by atoms with Crippen LogP contribution in [0.4, 0.5) is 0 Å². The molecule has 0 aromatic heterocycles. The van der Waals surface area contributed by atoms with Crippen LogP contribution >= 0.6 is 11.8 Å². The lowest BCUT2D eigenvalue weighted by atomic mass is 10.4. The van der Waals surface area contributed by atoms with E-state index in [0.717, 1.165) is 0 Å². The van der Waals surface area contributed by atoms with Crippen LogP contribution in [0.15, 0.2) is 0 Å². The highest BCUT2D eigenvalue weighted by atomic mass is 32.2.